The molecule has 0 aromatic carbocycles. The first-order chi connectivity index (χ1) is 7.51. The van der Waals surface area contributed by atoms with Crippen molar-refractivity contribution in [2.24, 2.45) is 5.73 Å². The first kappa shape index (κ1) is 13.3. The molecule has 3 nitrogen and oxygen atoms in total. The SMILES string of the molecule is COc1sc(OC)c(C(C)C)c1C[C@@H](C)N. The predicted molar refractivity (Wildman–Crippen MR) is 68.9 cm³/mol. The molecular formula is C12H21NO2S. The van der Waals surface area contributed by atoms with Gasteiger partial charge in [0.2, 0.25) is 0 Å². The molecule has 92 valence electrons. The number of hydrogen-bond acceptors (Lipinski definition) is 4. The minimum absolute atomic E-state index is 0.130. The summed E-state index contributed by atoms with van der Waals surface area (Å²) >= 11 is 1.56. The lowest BCUT2D eigenvalue weighted by atomic mass is 9.97. The van der Waals surface area contributed by atoms with Gasteiger partial charge in [-0.05, 0) is 19.3 Å². The molecule has 0 saturated heterocycles. The van der Waals surface area contributed by atoms with Crippen molar-refractivity contribution in [2.75, 3.05) is 14.2 Å². The Morgan fingerprint density at radius 3 is 2.06 bits per heavy atom. The third kappa shape index (κ3) is 2.68. The first-order valence-corrected chi connectivity index (χ1v) is 6.32. The maximum Gasteiger partial charge on any atom is 0.180 e. The van der Waals surface area contributed by atoms with Crippen LogP contribution in [0.5, 0.6) is 10.1 Å². The molecule has 1 atom stereocenters. The Morgan fingerprint density at radius 2 is 1.69 bits per heavy atom. The van der Waals surface area contributed by atoms with E-state index in [1.54, 1.807) is 25.6 Å². The van der Waals surface area contributed by atoms with Gasteiger partial charge in [0.05, 0.1) is 14.2 Å². The van der Waals surface area contributed by atoms with Crippen LogP contribution in [0, 0.1) is 0 Å². The Balaban J connectivity index is 3.22. The van der Waals surface area contributed by atoms with Gasteiger partial charge in [-0.2, -0.15) is 0 Å². The Labute approximate surface area is 102 Å². The van der Waals surface area contributed by atoms with E-state index in [1.165, 1.54) is 11.1 Å². The van der Waals surface area contributed by atoms with E-state index in [1.807, 2.05) is 6.92 Å². The molecule has 0 spiro atoms. The molecule has 0 aliphatic rings. The Hall–Kier alpha value is -0.740. The van der Waals surface area contributed by atoms with Crippen LogP contribution in [0.2, 0.25) is 0 Å². The van der Waals surface area contributed by atoms with Gasteiger partial charge in [0.1, 0.15) is 0 Å². The van der Waals surface area contributed by atoms with E-state index in [9.17, 15) is 0 Å². The number of ether oxygens (including phenoxy) is 2. The van der Waals surface area contributed by atoms with Gasteiger partial charge in [-0.25, -0.2) is 0 Å². The molecule has 0 aliphatic carbocycles. The minimum Gasteiger partial charge on any atom is -0.487 e. The van der Waals surface area contributed by atoms with Gasteiger partial charge in [-0.1, -0.05) is 25.2 Å². The average Bonchev–Trinajstić information content (AvgIpc) is 2.54. The molecule has 1 heterocycles. The summed E-state index contributed by atoms with van der Waals surface area (Å²) in [6, 6.07) is 0.130. The zero-order valence-corrected chi connectivity index (χ0v) is 11.5. The standard InChI is InChI=1S/C12H21NO2S/c1-7(2)10-9(6-8(3)13)11(14-4)16-12(10)15-5/h7-8H,6,13H2,1-5H3/t8-/m1/s1. The highest BCUT2D eigenvalue weighted by molar-refractivity contribution is 7.16. The van der Waals surface area contributed by atoms with E-state index < -0.39 is 0 Å². The average molecular weight is 243 g/mol. The smallest absolute Gasteiger partial charge is 0.180 e. The summed E-state index contributed by atoms with van der Waals surface area (Å²) in [6.07, 6.45) is 0.830. The first-order valence-electron chi connectivity index (χ1n) is 5.50. The van der Waals surface area contributed by atoms with Crippen LogP contribution in [0.25, 0.3) is 0 Å². The quantitative estimate of drug-likeness (QED) is 0.865. The van der Waals surface area contributed by atoms with Gasteiger partial charge in [0, 0.05) is 17.2 Å². The second kappa shape index (κ2) is 5.55. The topological polar surface area (TPSA) is 44.5 Å². The van der Waals surface area contributed by atoms with Crippen molar-refractivity contribution in [3.05, 3.63) is 11.1 Å². The fourth-order valence-corrected chi connectivity index (χ4v) is 2.97. The maximum absolute atomic E-state index is 5.88. The summed E-state index contributed by atoms with van der Waals surface area (Å²) in [6.45, 7) is 6.33. The third-order valence-corrected chi connectivity index (χ3v) is 3.62. The van der Waals surface area contributed by atoms with Crippen LogP contribution in [0.3, 0.4) is 0 Å². The maximum atomic E-state index is 5.88. The van der Waals surface area contributed by atoms with Crippen LogP contribution in [0.15, 0.2) is 0 Å². The van der Waals surface area contributed by atoms with E-state index in [-0.39, 0.29) is 6.04 Å². The second-order valence-corrected chi connectivity index (χ2v) is 5.26. The van der Waals surface area contributed by atoms with Crippen molar-refractivity contribution in [3.63, 3.8) is 0 Å². The van der Waals surface area contributed by atoms with Crippen molar-refractivity contribution in [1.29, 1.82) is 0 Å². The molecule has 1 rings (SSSR count). The largest absolute Gasteiger partial charge is 0.487 e. The lowest BCUT2D eigenvalue weighted by Gasteiger charge is -2.12. The van der Waals surface area contributed by atoms with Gasteiger partial charge in [0.15, 0.2) is 10.1 Å². The molecule has 16 heavy (non-hydrogen) atoms. The van der Waals surface area contributed by atoms with Crippen molar-refractivity contribution < 1.29 is 9.47 Å². The van der Waals surface area contributed by atoms with Gasteiger partial charge >= 0.3 is 0 Å². The highest BCUT2D eigenvalue weighted by atomic mass is 32.1. The molecule has 2 N–H and O–H groups in total. The van der Waals surface area contributed by atoms with Crippen LogP contribution in [-0.2, 0) is 6.42 Å². The van der Waals surface area contributed by atoms with E-state index >= 15 is 0 Å². The predicted octanol–water partition coefficient (Wildman–Crippen LogP) is 2.78. The van der Waals surface area contributed by atoms with Crippen molar-refractivity contribution in [3.8, 4) is 10.1 Å². The summed E-state index contributed by atoms with van der Waals surface area (Å²) in [4.78, 5) is 0. The molecule has 1 aromatic rings. The molecule has 0 unspecified atom stereocenters. The van der Waals surface area contributed by atoms with E-state index in [0.29, 0.717) is 5.92 Å². The molecule has 0 saturated carbocycles. The summed E-state index contributed by atoms with van der Waals surface area (Å²) in [7, 11) is 3.40. The second-order valence-electron chi connectivity index (χ2n) is 4.31. The molecule has 0 bridgehead atoms. The number of rotatable bonds is 5. The van der Waals surface area contributed by atoms with Crippen molar-refractivity contribution in [2.45, 2.75) is 39.2 Å². The molecule has 0 fully saturated rings. The van der Waals surface area contributed by atoms with Gasteiger partial charge in [-0.3, -0.25) is 0 Å². The summed E-state index contributed by atoms with van der Waals surface area (Å²) in [5.74, 6) is 0.420. The third-order valence-electron chi connectivity index (χ3n) is 2.45. The fourth-order valence-electron chi connectivity index (χ4n) is 1.85. The summed E-state index contributed by atoms with van der Waals surface area (Å²) in [5, 5.41) is 1.88. The van der Waals surface area contributed by atoms with Crippen LogP contribution in [-0.4, -0.2) is 20.3 Å². The monoisotopic (exact) mass is 243 g/mol. The van der Waals surface area contributed by atoms with Gasteiger partial charge in [-0.15, -0.1) is 0 Å². The highest BCUT2D eigenvalue weighted by Crippen LogP contribution is 2.45. The van der Waals surface area contributed by atoms with E-state index in [4.69, 9.17) is 15.2 Å². The molecule has 1 aromatic heterocycles. The van der Waals surface area contributed by atoms with Crippen LogP contribution in [0.4, 0.5) is 0 Å². The Bertz CT molecular complexity index is 345. The van der Waals surface area contributed by atoms with Gasteiger partial charge < -0.3 is 15.2 Å². The Kier molecular flexibility index (Phi) is 4.62. The van der Waals surface area contributed by atoms with Crippen LogP contribution in [0.1, 0.15) is 37.8 Å². The molecule has 0 amide bonds. The molecule has 0 radical (unpaired) electrons. The number of thiophene rings is 1. The van der Waals surface area contributed by atoms with E-state index in [0.717, 1.165) is 16.5 Å². The van der Waals surface area contributed by atoms with E-state index in [2.05, 4.69) is 13.8 Å². The number of nitrogens with two attached hydrogens (primary N) is 1. The molecular weight excluding hydrogens is 222 g/mol. The zero-order valence-electron chi connectivity index (χ0n) is 10.7. The summed E-state index contributed by atoms with van der Waals surface area (Å²) in [5.41, 5.74) is 8.32. The minimum atomic E-state index is 0.130. The summed E-state index contributed by atoms with van der Waals surface area (Å²) < 4.78 is 10.8. The highest BCUT2D eigenvalue weighted by Gasteiger charge is 2.22. The van der Waals surface area contributed by atoms with Gasteiger partial charge in [0.25, 0.3) is 0 Å². The molecule has 0 aliphatic heterocycles. The number of hydrogen-bond donors (Lipinski definition) is 1. The lowest BCUT2D eigenvalue weighted by molar-refractivity contribution is 0.419. The molecule has 4 heteroatoms. The fraction of sp³-hybridized carbons (Fsp3) is 0.667. The number of methoxy groups -OCH3 is 2. The van der Waals surface area contributed by atoms with Crippen molar-refractivity contribution in [1.82, 2.24) is 0 Å². The van der Waals surface area contributed by atoms with Crippen molar-refractivity contribution >= 4 is 11.3 Å². The van der Waals surface area contributed by atoms with Crippen LogP contribution >= 0.6 is 11.3 Å². The van der Waals surface area contributed by atoms with Crippen LogP contribution < -0.4 is 15.2 Å². The normalized spacial score (nSPS) is 12.9. The lowest BCUT2D eigenvalue weighted by Crippen LogP contribution is -2.18. The Morgan fingerprint density at radius 1 is 1.12 bits per heavy atom. The zero-order chi connectivity index (χ0) is 12.3.